The van der Waals surface area contributed by atoms with E-state index in [-0.39, 0.29) is 6.29 Å². The smallest absolute Gasteiger partial charge is 0.158 e. The Labute approximate surface area is 107 Å². The average molecular weight is 245 g/mol. The van der Waals surface area contributed by atoms with Crippen molar-refractivity contribution in [3.05, 3.63) is 0 Å². The van der Waals surface area contributed by atoms with Crippen LogP contribution in [0.2, 0.25) is 0 Å². The Kier molecular flexibility index (Phi) is 10.9. The van der Waals surface area contributed by atoms with Crippen molar-refractivity contribution in [1.29, 1.82) is 0 Å². The SMILES string of the molecule is CCOC(CCN(CC)CC(C)CC)OCC. The first-order valence-electron chi connectivity index (χ1n) is 7.13. The fourth-order valence-electron chi connectivity index (χ4n) is 1.82. The third-order valence-electron chi connectivity index (χ3n) is 3.10. The first-order valence-corrected chi connectivity index (χ1v) is 7.13. The standard InChI is InChI=1S/C14H31NO2/c1-6-13(5)12-15(7-2)11-10-14(16-8-3)17-9-4/h13-14H,6-12H2,1-5H3. The summed E-state index contributed by atoms with van der Waals surface area (Å²) in [4.78, 5) is 2.49. The molecule has 0 saturated heterocycles. The number of ether oxygens (including phenoxy) is 2. The molecule has 17 heavy (non-hydrogen) atoms. The molecule has 0 aromatic rings. The van der Waals surface area contributed by atoms with E-state index in [4.69, 9.17) is 9.47 Å². The molecule has 0 fully saturated rings. The first-order chi connectivity index (χ1) is 8.17. The number of hydrogen-bond donors (Lipinski definition) is 0. The zero-order chi connectivity index (χ0) is 13.1. The summed E-state index contributed by atoms with van der Waals surface area (Å²) in [5.74, 6) is 0.771. The third kappa shape index (κ3) is 8.58. The van der Waals surface area contributed by atoms with E-state index in [1.807, 2.05) is 13.8 Å². The molecule has 0 aromatic heterocycles. The van der Waals surface area contributed by atoms with Gasteiger partial charge in [0.05, 0.1) is 0 Å². The molecule has 0 aromatic carbocycles. The maximum atomic E-state index is 5.56. The van der Waals surface area contributed by atoms with Gasteiger partial charge in [0.2, 0.25) is 0 Å². The summed E-state index contributed by atoms with van der Waals surface area (Å²) >= 11 is 0. The second-order valence-corrected chi connectivity index (χ2v) is 4.54. The van der Waals surface area contributed by atoms with E-state index in [0.29, 0.717) is 0 Å². The van der Waals surface area contributed by atoms with Gasteiger partial charge in [0, 0.05) is 32.7 Å². The van der Waals surface area contributed by atoms with Crippen molar-refractivity contribution in [2.45, 2.75) is 53.8 Å². The maximum absolute atomic E-state index is 5.56. The number of rotatable bonds is 11. The van der Waals surface area contributed by atoms with Crippen molar-refractivity contribution in [3.8, 4) is 0 Å². The Hall–Kier alpha value is -0.120. The zero-order valence-corrected chi connectivity index (χ0v) is 12.4. The second kappa shape index (κ2) is 11.0. The largest absolute Gasteiger partial charge is 0.353 e. The molecule has 1 atom stereocenters. The fraction of sp³-hybridized carbons (Fsp3) is 1.00. The van der Waals surface area contributed by atoms with Crippen molar-refractivity contribution in [2.75, 3.05) is 32.8 Å². The van der Waals surface area contributed by atoms with E-state index in [0.717, 1.165) is 38.6 Å². The molecule has 0 radical (unpaired) electrons. The number of nitrogens with zero attached hydrogens (tertiary/aromatic N) is 1. The second-order valence-electron chi connectivity index (χ2n) is 4.54. The third-order valence-corrected chi connectivity index (χ3v) is 3.10. The molecular weight excluding hydrogens is 214 g/mol. The monoisotopic (exact) mass is 245 g/mol. The van der Waals surface area contributed by atoms with E-state index < -0.39 is 0 Å². The van der Waals surface area contributed by atoms with Crippen LogP contribution in [0.1, 0.15) is 47.5 Å². The Morgan fingerprint density at radius 1 is 1.00 bits per heavy atom. The van der Waals surface area contributed by atoms with Gasteiger partial charge in [-0.05, 0) is 26.3 Å². The normalized spacial score (nSPS) is 13.6. The summed E-state index contributed by atoms with van der Waals surface area (Å²) in [6.07, 6.45) is 2.18. The molecule has 0 saturated carbocycles. The van der Waals surface area contributed by atoms with Crippen LogP contribution in [0.3, 0.4) is 0 Å². The van der Waals surface area contributed by atoms with Crippen LogP contribution in [0, 0.1) is 5.92 Å². The van der Waals surface area contributed by atoms with Crippen LogP contribution in [0.4, 0.5) is 0 Å². The van der Waals surface area contributed by atoms with Gasteiger partial charge in [-0.1, -0.05) is 27.2 Å². The van der Waals surface area contributed by atoms with E-state index in [2.05, 4.69) is 25.7 Å². The lowest BCUT2D eigenvalue weighted by molar-refractivity contribution is -0.141. The van der Waals surface area contributed by atoms with Gasteiger partial charge in [-0.25, -0.2) is 0 Å². The lowest BCUT2D eigenvalue weighted by Crippen LogP contribution is -2.32. The van der Waals surface area contributed by atoms with Gasteiger partial charge in [-0.15, -0.1) is 0 Å². The minimum atomic E-state index is -0.0315. The van der Waals surface area contributed by atoms with Crippen LogP contribution in [0.15, 0.2) is 0 Å². The highest BCUT2D eigenvalue weighted by atomic mass is 16.7. The maximum Gasteiger partial charge on any atom is 0.158 e. The highest BCUT2D eigenvalue weighted by Gasteiger charge is 2.12. The number of hydrogen-bond acceptors (Lipinski definition) is 3. The molecule has 0 aliphatic rings. The highest BCUT2D eigenvalue weighted by molar-refractivity contribution is 4.61. The summed E-state index contributed by atoms with van der Waals surface area (Å²) in [7, 11) is 0. The van der Waals surface area contributed by atoms with E-state index in [9.17, 15) is 0 Å². The predicted molar refractivity (Wildman–Crippen MR) is 73.2 cm³/mol. The van der Waals surface area contributed by atoms with Crippen LogP contribution in [0.25, 0.3) is 0 Å². The molecule has 1 unspecified atom stereocenters. The molecule has 104 valence electrons. The molecule has 0 spiro atoms. The summed E-state index contributed by atoms with van der Waals surface area (Å²) in [5, 5.41) is 0. The minimum Gasteiger partial charge on any atom is -0.353 e. The van der Waals surface area contributed by atoms with Crippen LogP contribution in [0.5, 0.6) is 0 Å². The van der Waals surface area contributed by atoms with Crippen molar-refractivity contribution in [3.63, 3.8) is 0 Å². The summed E-state index contributed by atoms with van der Waals surface area (Å²) in [6.45, 7) is 15.6. The van der Waals surface area contributed by atoms with E-state index >= 15 is 0 Å². The molecule has 0 aliphatic heterocycles. The molecule has 0 aliphatic carbocycles. The zero-order valence-electron chi connectivity index (χ0n) is 12.4. The minimum absolute atomic E-state index is 0.0315. The van der Waals surface area contributed by atoms with Gasteiger partial charge in [-0.2, -0.15) is 0 Å². The van der Waals surface area contributed by atoms with Crippen molar-refractivity contribution in [2.24, 2.45) is 5.92 Å². The average Bonchev–Trinajstić information content (AvgIpc) is 2.34. The van der Waals surface area contributed by atoms with Gasteiger partial charge >= 0.3 is 0 Å². The Bertz CT molecular complexity index is 158. The molecule has 0 rings (SSSR count). The van der Waals surface area contributed by atoms with Crippen molar-refractivity contribution >= 4 is 0 Å². The lowest BCUT2D eigenvalue weighted by Gasteiger charge is -2.26. The molecular formula is C14H31NO2. The topological polar surface area (TPSA) is 21.7 Å². The highest BCUT2D eigenvalue weighted by Crippen LogP contribution is 2.07. The van der Waals surface area contributed by atoms with Crippen molar-refractivity contribution in [1.82, 2.24) is 4.90 Å². The summed E-state index contributed by atoms with van der Waals surface area (Å²) < 4.78 is 11.1. The Balaban J connectivity index is 3.91. The van der Waals surface area contributed by atoms with E-state index in [1.165, 1.54) is 13.0 Å². The lowest BCUT2D eigenvalue weighted by atomic mass is 10.1. The molecule has 3 nitrogen and oxygen atoms in total. The molecule has 0 N–H and O–H groups in total. The molecule has 0 amide bonds. The van der Waals surface area contributed by atoms with Gasteiger partial charge < -0.3 is 14.4 Å². The fourth-order valence-corrected chi connectivity index (χ4v) is 1.82. The summed E-state index contributed by atoms with van der Waals surface area (Å²) in [5.41, 5.74) is 0. The molecule has 0 heterocycles. The van der Waals surface area contributed by atoms with Gasteiger partial charge in [0.15, 0.2) is 6.29 Å². The Morgan fingerprint density at radius 3 is 2.00 bits per heavy atom. The summed E-state index contributed by atoms with van der Waals surface area (Å²) in [6, 6.07) is 0. The van der Waals surface area contributed by atoms with Crippen molar-refractivity contribution < 1.29 is 9.47 Å². The van der Waals surface area contributed by atoms with Crippen LogP contribution >= 0.6 is 0 Å². The predicted octanol–water partition coefficient (Wildman–Crippen LogP) is 3.14. The van der Waals surface area contributed by atoms with Crippen LogP contribution in [-0.2, 0) is 9.47 Å². The van der Waals surface area contributed by atoms with Crippen LogP contribution < -0.4 is 0 Å². The Morgan fingerprint density at radius 2 is 1.59 bits per heavy atom. The van der Waals surface area contributed by atoms with Gasteiger partial charge in [-0.3, -0.25) is 0 Å². The van der Waals surface area contributed by atoms with Gasteiger partial charge in [0.25, 0.3) is 0 Å². The van der Waals surface area contributed by atoms with Gasteiger partial charge in [0.1, 0.15) is 0 Å². The quantitative estimate of drug-likeness (QED) is 0.522. The molecule has 0 bridgehead atoms. The molecule has 3 heteroatoms. The van der Waals surface area contributed by atoms with Crippen LogP contribution in [-0.4, -0.2) is 44.0 Å². The van der Waals surface area contributed by atoms with E-state index in [1.54, 1.807) is 0 Å². The first kappa shape index (κ1) is 16.9.